The average Bonchev–Trinajstić information content (AvgIpc) is 2.92. The van der Waals surface area contributed by atoms with Crippen molar-refractivity contribution in [1.82, 2.24) is 5.43 Å². The molecule has 0 saturated heterocycles. The number of rotatable bonds is 1. The summed E-state index contributed by atoms with van der Waals surface area (Å²) in [6.07, 6.45) is -1.16. The summed E-state index contributed by atoms with van der Waals surface area (Å²) in [5.74, 6) is -1.16. The van der Waals surface area contributed by atoms with Crippen molar-refractivity contribution in [1.29, 1.82) is 0 Å². The molecule has 2 aliphatic rings. The number of hydrogen-bond donors (Lipinski definition) is 2. The van der Waals surface area contributed by atoms with Crippen molar-refractivity contribution >= 4 is 40.4 Å². The monoisotopic (exact) mass is 396 g/mol. The second-order valence-electron chi connectivity index (χ2n) is 5.85. The first-order valence-corrected chi connectivity index (χ1v) is 8.46. The van der Waals surface area contributed by atoms with Gasteiger partial charge in [0.1, 0.15) is 17.7 Å². The Morgan fingerprint density at radius 3 is 2.50 bits per heavy atom. The third-order valence-electron chi connectivity index (χ3n) is 4.25. The number of nitrogens with zero attached hydrogens (tertiary/aromatic N) is 3. The number of benzene rings is 2. The average molecular weight is 397 g/mol. The third kappa shape index (κ3) is 2.46. The molecule has 2 aliphatic heterocycles. The lowest BCUT2D eigenvalue weighted by molar-refractivity contribution is 0.159. The second kappa shape index (κ2) is 6.19. The lowest BCUT2D eigenvalue weighted by Crippen LogP contribution is -2.42. The summed E-state index contributed by atoms with van der Waals surface area (Å²) >= 11 is 12.5. The molecule has 0 saturated carbocycles. The molecule has 26 heavy (non-hydrogen) atoms. The van der Waals surface area contributed by atoms with E-state index in [2.05, 4.69) is 15.5 Å². The van der Waals surface area contributed by atoms with Crippen LogP contribution in [0.4, 0.5) is 14.5 Å². The Labute approximate surface area is 157 Å². The van der Waals surface area contributed by atoms with E-state index in [4.69, 9.17) is 23.2 Å². The first kappa shape index (κ1) is 17.2. The first-order chi connectivity index (χ1) is 12.4. The van der Waals surface area contributed by atoms with E-state index in [0.717, 1.165) is 12.1 Å². The van der Waals surface area contributed by atoms with Crippen molar-refractivity contribution < 1.29 is 13.9 Å². The van der Waals surface area contributed by atoms with Crippen LogP contribution in [-0.2, 0) is 0 Å². The number of hydrazone groups is 1. The maximum atomic E-state index is 14.5. The van der Waals surface area contributed by atoms with Gasteiger partial charge in [0.25, 0.3) is 0 Å². The first-order valence-electron chi connectivity index (χ1n) is 7.71. The molecule has 0 fully saturated rings. The summed E-state index contributed by atoms with van der Waals surface area (Å²) in [5.41, 5.74) is 2.87. The Morgan fingerprint density at radius 1 is 1.12 bits per heavy atom. The SMILES string of the molecule is C[C@@H]1N=C(c2c(F)cccc2F)c2c(ccc(Cl)c2Cl)N2C1=NNC2O. The highest BCUT2D eigenvalue weighted by atomic mass is 35.5. The van der Waals surface area contributed by atoms with Crippen LogP contribution in [-0.4, -0.2) is 29.0 Å². The van der Waals surface area contributed by atoms with Gasteiger partial charge in [-0.2, -0.15) is 5.10 Å². The van der Waals surface area contributed by atoms with Gasteiger partial charge in [-0.25, -0.2) is 8.78 Å². The Hall–Kier alpha value is -2.22. The summed E-state index contributed by atoms with van der Waals surface area (Å²) in [4.78, 5) is 5.93. The summed E-state index contributed by atoms with van der Waals surface area (Å²) in [5, 5.41) is 14.6. The zero-order chi connectivity index (χ0) is 18.6. The molecule has 134 valence electrons. The van der Waals surface area contributed by atoms with Gasteiger partial charge in [-0.3, -0.25) is 15.3 Å². The smallest absolute Gasteiger partial charge is 0.225 e. The Morgan fingerprint density at radius 2 is 1.81 bits per heavy atom. The Kier molecular flexibility index (Phi) is 4.10. The topological polar surface area (TPSA) is 60.2 Å². The van der Waals surface area contributed by atoms with Crippen molar-refractivity contribution in [3.63, 3.8) is 0 Å². The number of fused-ring (bicyclic) bond motifs is 3. The summed E-state index contributed by atoms with van der Waals surface area (Å²) in [6.45, 7) is 1.70. The molecule has 0 bridgehead atoms. The van der Waals surface area contributed by atoms with E-state index < -0.39 is 24.0 Å². The van der Waals surface area contributed by atoms with E-state index in [1.807, 2.05) is 0 Å². The molecule has 1 unspecified atom stereocenters. The molecule has 5 nitrogen and oxygen atoms in total. The van der Waals surface area contributed by atoms with Gasteiger partial charge in [0, 0.05) is 5.56 Å². The van der Waals surface area contributed by atoms with Crippen LogP contribution in [0.2, 0.25) is 10.0 Å². The van der Waals surface area contributed by atoms with Crippen LogP contribution in [0.1, 0.15) is 18.1 Å². The van der Waals surface area contributed by atoms with E-state index in [9.17, 15) is 13.9 Å². The van der Waals surface area contributed by atoms with Gasteiger partial charge in [0.2, 0.25) is 6.35 Å². The predicted octanol–water partition coefficient (Wildman–Crippen LogP) is 3.51. The number of aliphatic hydroxyl groups is 1. The van der Waals surface area contributed by atoms with Crippen LogP contribution < -0.4 is 10.3 Å². The predicted molar refractivity (Wildman–Crippen MR) is 97.0 cm³/mol. The minimum Gasteiger partial charge on any atom is -0.355 e. The molecular weight excluding hydrogens is 385 g/mol. The standard InChI is InChI=1S/C17H12Cl2F2N4O/c1-7-16-23-24-17(26)25(16)11-6-5-8(18)14(19)13(11)15(22-7)12-9(20)3-2-4-10(12)21/h2-7,17,24,26H,1H3/t7-,17?/m0/s1. The molecule has 2 N–H and O–H groups in total. The number of aliphatic imine (C=N–C) groups is 1. The van der Waals surface area contributed by atoms with Gasteiger partial charge in [-0.1, -0.05) is 29.3 Å². The molecule has 0 spiro atoms. The number of aliphatic hydroxyl groups excluding tert-OH is 1. The quantitative estimate of drug-likeness (QED) is 0.775. The van der Waals surface area contributed by atoms with E-state index in [1.54, 1.807) is 13.0 Å². The van der Waals surface area contributed by atoms with Gasteiger partial charge in [-0.05, 0) is 31.2 Å². The van der Waals surface area contributed by atoms with Crippen LogP contribution in [0, 0.1) is 11.6 Å². The molecule has 2 atom stereocenters. The highest BCUT2D eigenvalue weighted by Crippen LogP contribution is 2.39. The minimum absolute atomic E-state index is 0.0138. The Balaban J connectivity index is 2.08. The zero-order valence-corrected chi connectivity index (χ0v) is 14.9. The Bertz CT molecular complexity index is 959. The van der Waals surface area contributed by atoms with Crippen molar-refractivity contribution in [3.05, 3.63) is 63.1 Å². The number of anilines is 1. The van der Waals surface area contributed by atoms with E-state index in [-0.39, 0.29) is 26.9 Å². The van der Waals surface area contributed by atoms with Gasteiger partial charge in [-0.15, -0.1) is 0 Å². The number of hydrogen-bond acceptors (Lipinski definition) is 5. The van der Waals surface area contributed by atoms with Crippen LogP contribution >= 0.6 is 23.2 Å². The van der Waals surface area contributed by atoms with Crippen LogP contribution in [0.15, 0.2) is 40.4 Å². The molecule has 0 amide bonds. The van der Waals surface area contributed by atoms with Crippen molar-refractivity contribution in [2.45, 2.75) is 19.3 Å². The minimum atomic E-state index is -1.16. The highest BCUT2D eigenvalue weighted by Gasteiger charge is 2.38. The summed E-state index contributed by atoms with van der Waals surface area (Å²) < 4.78 is 29.0. The second-order valence-corrected chi connectivity index (χ2v) is 6.63. The number of amidine groups is 1. The van der Waals surface area contributed by atoms with Gasteiger partial charge in [0.15, 0.2) is 5.84 Å². The lowest BCUT2D eigenvalue weighted by Gasteiger charge is -2.25. The fourth-order valence-electron chi connectivity index (χ4n) is 3.11. The van der Waals surface area contributed by atoms with Crippen molar-refractivity contribution in [2.24, 2.45) is 10.1 Å². The normalized spacial score (nSPS) is 21.4. The highest BCUT2D eigenvalue weighted by molar-refractivity contribution is 6.45. The fraction of sp³-hybridized carbons (Fsp3) is 0.176. The molecule has 4 rings (SSSR count). The molecule has 2 aromatic carbocycles. The van der Waals surface area contributed by atoms with Gasteiger partial charge < -0.3 is 5.11 Å². The molecule has 9 heteroatoms. The van der Waals surface area contributed by atoms with Crippen LogP contribution in [0.3, 0.4) is 0 Å². The molecule has 0 aliphatic carbocycles. The van der Waals surface area contributed by atoms with E-state index >= 15 is 0 Å². The van der Waals surface area contributed by atoms with Gasteiger partial charge >= 0.3 is 0 Å². The van der Waals surface area contributed by atoms with Crippen LogP contribution in [0.25, 0.3) is 0 Å². The third-order valence-corrected chi connectivity index (χ3v) is 5.06. The zero-order valence-electron chi connectivity index (χ0n) is 13.3. The number of nitrogens with one attached hydrogen (secondary N) is 1. The van der Waals surface area contributed by atoms with Gasteiger partial charge in [0.05, 0.1) is 27.0 Å². The van der Waals surface area contributed by atoms with E-state index in [1.165, 1.54) is 17.0 Å². The molecule has 2 heterocycles. The molecular formula is C17H12Cl2F2N4O. The molecule has 0 aromatic heterocycles. The number of halogens is 4. The maximum absolute atomic E-state index is 14.5. The largest absolute Gasteiger partial charge is 0.355 e. The summed E-state index contributed by atoms with van der Waals surface area (Å²) in [7, 11) is 0. The van der Waals surface area contributed by atoms with E-state index in [0.29, 0.717) is 11.5 Å². The maximum Gasteiger partial charge on any atom is 0.225 e. The fourth-order valence-corrected chi connectivity index (χ4v) is 3.51. The molecule has 0 radical (unpaired) electrons. The lowest BCUT2D eigenvalue weighted by atomic mass is 9.99. The van der Waals surface area contributed by atoms with Crippen LogP contribution in [0.5, 0.6) is 0 Å². The van der Waals surface area contributed by atoms with Crippen molar-refractivity contribution in [2.75, 3.05) is 4.90 Å². The van der Waals surface area contributed by atoms with Crippen molar-refractivity contribution in [3.8, 4) is 0 Å². The molecule has 2 aromatic rings. The summed E-state index contributed by atoms with van der Waals surface area (Å²) in [6, 6.07) is 6.09.